The Kier molecular flexibility index (Phi) is 10.4. The first-order valence-corrected chi connectivity index (χ1v) is 2.44. The molecule has 1 unspecified atom stereocenters. The van der Waals surface area contributed by atoms with E-state index in [-0.39, 0.29) is 25.9 Å². The van der Waals surface area contributed by atoms with E-state index in [1.165, 1.54) is 0 Å². The molecule has 0 aliphatic heterocycles. The van der Waals surface area contributed by atoms with E-state index < -0.39 is 6.10 Å². The summed E-state index contributed by atoms with van der Waals surface area (Å²) in [5.74, 6) is 0. The summed E-state index contributed by atoms with van der Waals surface area (Å²) in [6.07, 6.45) is 1.28. The molecule has 1 atom stereocenters. The van der Waals surface area contributed by atoms with Crippen LogP contribution in [0.15, 0.2) is 0 Å². The van der Waals surface area contributed by atoms with Gasteiger partial charge < -0.3 is 12.8 Å². The standard InChI is InChI=1S/C5H10O2.Mg.2H/c1-2-3-5(7)4-6;;;/h4-5,7H,2-3H2,1H3;;;/q;+2;2*-1. The van der Waals surface area contributed by atoms with Crippen LogP contribution in [0.1, 0.15) is 22.6 Å². The van der Waals surface area contributed by atoms with Crippen LogP contribution in [0.3, 0.4) is 0 Å². The van der Waals surface area contributed by atoms with Crippen molar-refractivity contribution in [1.82, 2.24) is 0 Å². The van der Waals surface area contributed by atoms with Crippen molar-refractivity contribution in [2.75, 3.05) is 0 Å². The van der Waals surface area contributed by atoms with E-state index >= 15 is 0 Å². The van der Waals surface area contributed by atoms with Crippen LogP contribution < -0.4 is 0 Å². The first-order valence-electron chi connectivity index (χ1n) is 2.44. The fourth-order valence-electron chi connectivity index (χ4n) is 0.364. The predicted octanol–water partition coefficient (Wildman–Crippen LogP) is 0.190. The van der Waals surface area contributed by atoms with Gasteiger partial charge in [0.2, 0.25) is 0 Å². The van der Waals surface area contributed by atoms with Crippen molar-refractivity contribution in [3.63, 3.8) is 0 Å². The van der Waals surface area contributed by atoms with Crippen molar-refractivity contribution in [3.05, 3.63) is 0 Å². The van der Waals surface area contributed by atoms with Gasteiger partial charge in [0, 0.05) is 0 Å². The first-order chi connectivity index (χ1) is 3.31. The quantitative estimate of drug-likeness (QED) is 0.435. The number of hydrogen-bond acceptors (Lipinski definition) is 2. The maximum absolute atomic E-state index is 9.64. The minimum atomic E-state index is -0.731. The molecule has 1 N–H and O–H groups in total. The maximum atomic E-state index is 9.64. The minimum Gasteiger partial charge on any atom is -1.00 e. The van der Waals surface area contributed by atoms with Gasteiger partial charge in [-0.05, 0) is 6.42 Å². The van der Waals surface area contributed by atoms with Crippen LogP contribution in [0.2, 0.25) is 0 Å². The summed E-state index contributed by atoms with van der Waals surface area (Å²) in [6.45, 7) is 1.92. The molecule has 0 heterocycles. The van der Waals surface area contributed by atoms with Gasteiger partial charge in [0.15, 0.2) is 0 Å². The van der Waals surface area contributed by atoms with E-state index in [1.807, 2.05) is 6.92 Å². The number of hydrogen-bond donors (Lipinski definition) is 1. The molecule has 0 aliphatic rings. The number of rotatable bonds is 3. The number of aliphatic hydroxyl groups excluding tert-OH is 1. The third-order valence-corrected chi connectivity index (χ3v) is 0.742. The molecule has 0 aromatic carbocycles. The average molecular weight is 128 g/mol. The predicted molar refractivity (Wildman–Crippen MR) is 35.0 cm³/mol. The Bertz CT molecular complexity index is 63.6. The molecule has 0 rings (SSSR count). The summed E-state index contributed by atoms with van der Waals surface area (Å²) < 4.78 is 0. The molecular formula is C5H12MgO2. The Hall–Kier alpha value is 0.396. The minimum absolute atomic E-state index is 0. The van der Waals surface area contributed by atoms with Crippen LogP contribution in [-0.4, -0.2) is 40.5 Å². The zero-order chi connectivity index (χ0) is 5.70. The fourth-order valence-corrected chi connectivity index (χ4v) is 0.364. The van der Waals surface area contributed by atoms with Gasteiger partial charge in [-0.25, -0.2) is 0 Å². The van der Waals surface area contributed by atoms with Gasteiger partial charge in [-0.3, -0.25) is 0 Å². The molecule has 0 saturated carbocycles. The number of carbonyl (C=O) groups excluding carboxylic acids is 1. The van der Waals surface area contributed by atoms with Crippen LogP contribution >= 0.6 is 0 Å². The summed E-state index contributed by atoms with van der Waals surface area (Å²) in [5.41, 5.74) is 0. The van der Waals surface area contributed by atoms with Crippen molar-refractivity contribution in [2.45, 2.75) is 25.9 Å². The SMILES string of the molecule is CCCC(O)C=O.[H-].[H-].[Mg+2]. The van der Waals surface area contributed by atoms with Crippen molar-refractivity contribution < 1.29 is 12.8 Å². The van der Waals surface area contributed by atoms with Gasteiger partial charge in [-0.1, -0.05) is 13.3 Å². The Labute approximate surface area is 68.4 Å². The van der Waals surface area contributed by atoms with Gasteiger partial charge in [-0.15, -0.1) is 0 Å². The van der Waals surface area contributed by atoms with E-state index in [4.69, 9.17) is 5.11 Å². The fraction of sp³-hybridized carbons (Fsp3) is 0.800. The number of carbonyl (C=O) groups is 1. The van der Waals surface area contributed by atoms with Crippen LogP contribution in [0, 0.1) is 0 Å². The second-order valence-corrected chi connectivity index (χ2v) is 1.49. The monoisotopic (exact) mass is 128 g/mol. The molecule has 0 bridgehead atoms. The molecule has 0 saturated heterocycles. The van der Waals surface area contributed by atoms with E-state index in [0.717, 1.165) is 6.42 Å². The molecule has 0 radical (unpaired) electrons. The Morgan fingerprint density at radius 1 is 1.88 bits per heavy atom. The van der Waals surface area contributed by atoms with Crippen molar-refractivity contribution in [1.29, 1.82) is 0 Å². The summed E-state index contributed by atoms with van der Waals surface area (Å²) >= 11 is 0. The van der Waals surface area contributed by atoms with Crippen molar-refractivity contribution in [3.8, 4) is 0 Å². The summed E-state index contributed by atoms with van der Waals surface area (Å²) in [4.78, 5) is 9.64. The second kappa shape index (κ2) is 7.40. The molecule has 0 aromatic heterocycles. The second-order valence-electron chi connectivity index (χ2n) is 1.49. The zero-order valence-corrected chi connectivity index (χ0v) is 6.55. The smallest absolute Gasteiger partial charge is 1.00 e. The topological polar surface area (TPSA) is 37.3 Å². The maximum Gasteiger partial charge on any atom is 2.00 e. The summed E-state index contributed by atoms with van der Waals surface area (Å²) in [7, 11) is 0. The average Bonchev–Trinajstić information content (AvgIpc) is 1.68. The molecule has 2 nitrogen and oxygen atoms in total. The van der Waals surface area contributed by atoms with E-state index in [9.17, 15) is 4.79 Å². The Balaban J connectivity index is -0.0000000600. The van der Waals surface area contributed by atoms with Crippen LogP contribution in [0.4, 0.5) is 0 Å². The molecule has 3 heteroatoms. The molecule has 8 heavy (non-hydrogen) atoms. The van der Waals surface area contributed by atoms with Crippen molar-refractivity contribution >= 4 is 29.3 Å². The molecule has 0 aliphatic carbocycles. The third kappa shape index (κ3) is 6.40. The van der Waals surface area contributed by atoms with Gasteiger partial charge in [0.05, 0.1) is 0 Å². The first kappa shape index (κ1) is 11.2. The van der Waals surface area contributed by atoms with Gasteiger partial charge >= 0.3 is 23.1 Å². The molecule has 46 valence electrons. The number of aldehydes is 1. The van der Waals surface area contributed by atoms with E-state index in [2.05, 4.69) is 0 Å². The normalized spacial score (nSPS) is 11.8. The van der Waals surface area contributed by atoms with Crippen LogP contribution in [-0.2, 0) is 4.79 Å². The van der Waals surface area contributed by atoms with Gasteiger partial charge in [-0.2, -0.15) is 0 Å². The molecule has 0 amide bonds. The largest absolute Gasteiger partial charge is 2.00 e. The molecule has 0 spiro atoms. The molecule has 0 fully saturated rings. The number of aliphatic hydroxyl groups is 1. The summed E-state index contributed by atoms with van der Waals surface area (Å²) in [6, 6.07) is 0. The van der Waals surface area contributed by atoms with Gasteiger partial charge in [0.25, 0.3) is 0 Å². The summed E-state index contributed by atoms with van der Waals surface area (Å²) in [5, 5.41) is 8.49. The molecule has 0 aromatic rings. The molecular weight excluding hydrogens is 116 g/mol. The Morgan fingerprint density at radius 3 is 2.50 bits per heavy atom. The van der Waals surface area contributed by atoms with E-state index in [1.54, 1.807) is 0 Å². The van der Waals surface area contributed by atoms with Gasteiger partial charge in [0.1, 0.15) is 12.4 Å². The van der Waals surface area contributed by atoms with Crippen LogP contribution in [0.25, 0.3) is 0 Å². The van der Waals surface area contributed by atoms with E-state index in [0.29, 0.717) is 12.7 Å². The zero-order valence-electron chi connectivity index (χ0n) is 7.13. The van der Waals surface area contributed by atoms with Crippen molar-refractivity contribution in [2.24, 2.45) is 0 Å². The van der Waals surface area contributed by atoms with Crippen LogP contribution in [0.5, 0.6) is 0 Å². The third-order valence-electron chi connectivity index (χ3n) is 0.742. The Morgan fingerprint density at radius 2 is 2.38 bits per heavy atom.